The summed E-state index contributed by atoms with van der Waals surface area (Å²) in [6, 6.07) is 15.8. The number of carboxylic acid groups (broad SMARTS) is 1. The van der Waals surface area contributed by atoms with E-state index in [0.717, 1.165) is 23.8 Å². The van der Waals surface area contributed by atoms with Crippen LogP contribution in [0.25, 0.3) is 17.4 Å². The molecule has 3 rings (SSSR count). The molecule has 0 atom stereocenters. The van der Waals surface area contributed by atoms with Crippen molar-refractivity contribution in [3.8, 4) is 22.8 Å². The first kappa shape index (κ1) is 17.8. The zero-order valence-electron chi connectivity index (χ0n) is 13.9. The molecule has 27 heavy (non-hydrogen) atoms. The molecule has 1 aromatic heterocycles. The third-order valence-corrected chi connectivity index (χ3v) is 3.62. The van der Waals surface area contributed by atoms with E-state index < -0.39 is 17.6 Å². The topological polar surface area (TPSA) is 120 Å². The normalized spacial score (nSPS) is 11.2. The van der Waals surface area contributed by atoms with Crippen molar-refractivity contribution in [2.45, 2.75) is 0 Å². The Morgan fingerprint density at radius 1 is 0.926 bits per heavy atom. The lowest BCUT2D eigenvalue weighted by Gasteiger charge is -2.06. The number of benzene rings is 2. The molecular formula is C20H15NO6. The summed E-state index contributed by atoms with van der Waals surface area (Å²) < 4.78 is 5.60. The van der Waals surface area contributed by atoms with E-state index in [1.54, 1.807) is 12.1 Å². The highest BCUT2D eigenvalue weighted by Gasteiger charge is 2.16. The first-order valence-electron chi connectivity index (χ1n) is 7.87. The molecule has 7 heteroatoms. The number of carbonyl (C=O) groups excluding carboxylic acids is 1. The molecule has 0 bridgehead atoms. The van der Waals surface area contributed by atoms with Crippen molar-refractivity contribution in [2.24, 2.45) is 0 Å². The van der Waals surface area contributed by atoms with Crippen molar-refractivity contribution in [1.82, 2.24) is 5.32 Å². The average Bonchev–Trinajstić information content (AvgIpc) is 3.09. The van der Waals surface area contributed by atoms with Gasteiger partial charge in [0.15, 0.2) is 0 Å². The quantitative estimate of drug-likeness (QED) is 0.515. The van der Waals surface area contributed by atoms with E-state index in [0.29, 0.717) is 5.76 Å². The number of amides is 1. The zero-order chi connectivity index (χ0) is 19.4. The maximum atomic E-state index is 12.2. The Labute approximate surface area is 153 Å². The minimum Gasteiger partial charge on any atom is -0.508 e. The second kappa shape index (κ2) is 7.49. The molecule has 0 saturated carbocycles. The van der Waals surface area contributed by atoms with E-state index in [-0.39, 0.29) is 22.8 Å². The van der Waals surface area contributed by atoms with Gasteiger partial charge in [0.05, 0.1) is 0 Å². The fourth-order valence-electron chi connectivity index (χ4n) is 2.40. The van der Waals surface area contributed by atoms with Crippen LogP contribution in [0, 0.1) is 0 Å². The van der Waals surface area contributed by atoms with E-state index in [9.17, 15) is 24.9 Å². The number of phenolic OH excluding ortho intramolecular Hbond substituents is 2. The molecule has 136 valence electrons. The van der Waals surface area contributed by atoms with Crippen LogP contribution in [0.1, 0.15) is 16.1 Å². The molecule has 3 aromatic rings. The average molecular weight is 365 g/mol. The molecule has 0 spiro atoms. The zero-order valence-corrected chi connectivity index (χ0v) is 13.9. The van der Waals surface area contributed by atoms with Gasteiger partial charge >= 0.3 is 5.97 Å². The van der Waals surface area contributed by atoms with Gasteiger partial charge in [0.25, 0.3) is 5.91 Å². The van der Waals surface area contributed by atoms with Crippen molar-refractivity contribution in [2.75, 3.05) is 0 Å². The molecule has 7 nitrogen and oxygen atoms in total. The van der Waals surface area contributed by atoms with E-state index in [2.05, 4.69) is 5.32 Å². The Bertz CT molecular complexity index is 1000. The molecule has 0 unspecified atom stereocenters. The van der Waals surface area contributed by atoms with Crippen LogP contribution in [0.4, 0.5) is 0 Å². The molecule has 0 aliphatic rings. The summed E-state index contributed by atoms with van der Waals surface area (Å²) in [6.07, 6.45) is 1.18. The van der Waals surface area contributed by atoms with Crippen molar-refractivity contribution in [3.05, 3.63) is 77.7 Å². The van der Waals surface area contributed by atoms with Gasteiger partial charge < -0.3 is 25.1 Å². The number of hydrogen-bond donors (Lipinski definition) is 4. The van der Waals surface area contributed by atoms with Crippen LogP contribution >= 0.6 is 0 Å². The molecule has 1 heterocycles. The number of nitrogens with one attached hydrogen (secondary N) is 1. The number of rotatable bonds is 5. The van der Waals surface area contributed by atoms with E-state index in [4.69, 9.17) is 4.42 Å². The third-order valence-electron chi connectivity index (χ3n) is 3.62. The highest BCUT2D eigenvalue weighted by molar-refractivity contribution is 6.03. The van der Waals surface area contributed by atoms with Gasteiger partial charge in [0.2, 0.25) is 0 Å². The summed E-state index contributed by atoms with van der Waals surface area (Å²) in [7, 11) is 0. The molecule has 0 aliphatic heterocycles. The van der Waals surface area contributed by atoms with Crippen LogP contribution in [0.5, 0.6) is 11.5 Å². The smallest absolute Gasteiger partial charge is 0.352 e. The number of hydrogen-bond acceptors (Lipinski definition) is 5. The van der Waals surface area contributed by atoms with Gasteiger partial charge in [0.1, 0.15) is 28.7 Å². The summed E-state index contributed by atoms with van der Waals surface area (Å²) in [5.41, 5.74) is 0.314. The number of aromatic hydroxyl groups is 2. The molecule has 4 N–H and O–H groups in total. The van der Waals surface area contributed by atoms with Gasteiger partial charge in [-0.1, -0.05) is 30.3 Å². The predicted octanol–water partition coefficient (Wildman–Crippen LogP) is 3.21. The van der Waals surface area contributed by atoms with Crippen LogP contribution in [-0.2, 0) is 4.79 Å². The number of carboxylic acids is 1. The summed E-state index contributed by atoms with van der Waals surface area (Å²) in [5, 5.41) is 30.5. The number of aliphatic carboxylic acids is 1. The van der Waals surface area contributed by atoms with Crippen LogP contribution in [-0.4, -0.2) is 27.2 Å². The summed E-state index contributed by atoms with van der Waals surface area (Å²) >= 11 is 0. The number of phenols is 2. The summed E-state index contributed by atoms with van der Waals surface area (Å²) in [4.78, 5) is 23.7. The van der Waals surface area contributed by atoms with Crippen LogP contribution < -0.4 is 5.32 Å². The van der Waals surface area contributed by atoms with Crippen molar-refractivity contribution in [3.63, 3.8) is 0 Å². The van der Waals surface area contributed by atoms with Crippen molar-refractivity contribution >= 4 is 18.0 Å². The maximum absolute atomic E-state index is 12.2. The van der Waals surface area contributed by atoms with Gasteiger partial charge in [-0.2, -0.15) is 0 Å². The molecule has 0 fully saturated rings. The fraction of sp³-hybridized carbons (Fsp3) is 0. The number of carbonyl (C=O) groups is 2. The van der Waals surface area contributed by atoms with Crippen molar-refractivity contribution < 1.29 is 29.3 Å². The standard InChI is InChI=1S/C20H15NO6/c22-14-8-13(9-15(23)10-14)19(24)21-17(20(25)26)11-16-6-7-18(27-16)12-4-2-1-3-5-12/h1-11,22-23H,(H,21,24)(H,25,26)/b17-11-. The van der Waals surface area contributed by atoms with Gasteiger partial charge in [-0.15, -0.1) is 0 Å². The second-order valence-electron chi connectivity index (χ2n) is 5.62. The summed E-state index contributed by atoms with van der Waals surface area (Å²) in [5.74, 6) is -2.02. The highest BCUT2D eigenvalue weighted by atomic mass is 16.4. The first-order chi connectivity index (χ1) is 12.9. The van der Waals surface area contributed by atoms with Crippen LogP contribution in [0.3, 0.4) is 0 Å². The largest absolute Gasteiger partial charge is 0.508 e. The predicted molar refractivity (Wildman–Crippen MR) is 97.0 cm³/mol. The van der Waals surface area contributed by atoms with Crippen molar-refractivity contribution in [1.29, 1.82) is 0 Å². The molecular weight excluding hydrogens is 350 g/mol. The fourth-order valence-corrected chi connectivity index (χ4v) is 2.40. The summed E-state index contributed by atoms with van der Waals surface area (Å²) in [6.45, 7) is 0. The molecule has 2 aromatic carbocycles. The first-order valence-corrected chi connectivity index (χ1v) is 7.87. The molecule has 0 saturated heterocycles. The third kappa shape index (κ3) is 4.35. The monoisotopic (exact) mass is 365 g/mol. The minimum atomic E-state index is -1.37. The molecule has 0 aliphatic carbocycles. The Hall–Kier alpha value is -4.00. The lowest BCUT2D eigenvalue weighted by Crippen LogP contribution is -2.27. The van der Waals surface area contributed by atoms with E-state index in [1.165, 1.54) is 6.08 Å². The molecule has 1 amide bonds. The minimum absolute atomic E-state index is 0.0935. The van der Waals surface area contributed by atoms with Gasteiger partial charge in [0, 0.05) is 23.3 Å². The Morgan fingerprint density at radius 3 is 2.22 bits per heavy atom. The van der Waals surface area contributed by atoms with Gasteiger partial charge in [-0.3, -0.25) is 4.79 Å². The number of furan rings is 1. The SMILES string of the molecule is O=C(O)/C(=C/c1ccc(-c2ccccc2)o1)NC(=O)c1cc(O)cc(O)c1. The van der Waals surface area contributed by atoms with Gasteiger partial charge in [-0.25, -0.2) is 4.79 Å². The Morgan fingerprint density at radius 2 is 1.59 bits per heavy atom. The maximum Gasteiger partial charge on any atom is 0.352 e. The Kier molecular flexibility index (Phi) is 4.94. The lowest BCUT2D eigenvalue weighted by molar-refractivity contribution is -0.132. The second-order valence-corrected chi connectivity index (χ2v) is 5.62. The lowest BCUT2D eigenvalue weighted by atomic mass is 10.2. The van der Waals surface area contributed by atoms with Gasteiger partial charge in [-0.05, 0) is 24.3 Å². The van der Waals surface area contributed by atoms with E-state index >= 15 is 0 Å². The van der Waals surface area contributed by atoms with Crippen LogP contribution in [0.15, 0.2) is 70.8 Å². The van der Waals surface area contributed by atoms with Crippen LogP contribution in [0.2, 0.25) is 0 Å². The Balaban J connectivity index is 1.84. The van der Waals surface area contributed by atoms with E-state index in [1.807, 2.05) is 30.3 Å². The molecule has 0 radical (unpaired) electrons. The highest BCUT2D eigenvalue weighted by Crippen LogP contribution is 2.23.